The summed E-state index contributed by atoms with van der Waals surface area (Å²) in [6.45, 7) is 5.65. The topological polar surface area (TPSA) is 82.1 Å². The van der Waals surface area contributed by atoms with E-state index >= 15 is 0 Å². The zero-order chi connectivity index (χ0) is 17.3. The Morgan fingerprint density at radius 1 is 1.21 bits per heavy atom. The van der Waals surface area contributed by atoms with Crippen molar-refractivity contribution in [1.82, 2.24) is 9.21 Å². The van der Waals surface area contributed by atoms with Crippen molar-refractivity contribution in [2.24, 2.45) is 4.99 Å². The van der Waals surface area contributed by atoms with E-state index in [2.05, 4.69) is 10.3 Å². The molecule has 8 heteroatoms. The molecule has 1 saturated heterocycles. The average molecular weight is 350 g/mol. The highest BCUT2D eigenvalue weighted by atomic mass is 32.2. The molecule has 24 heavy (non-hydrogen) atoms. The smallest absolute Gasteiger partial charge is 0.268 e. The van der Waals surface area contributed by atoms with Crippen molar-refractivity contribution in [3.63, 3.8) is 0 Å². The number of benzene rings is 1. The molecule has 0 bridgehead atoms. The fourth-order valence-electron chi connectivity index (χ4n) is 3.08. The van der Waals surface area contributed by atoms with E-state index < -0.39 is 10.0 Å². The Bertz CT molecular complexity index is 783. The number of aryl methyl sites for hydroxylation is 1. The lowest BCUT2D eigenvalue weighted by Gasteiger charge is -2.27. The normalized spacial score (nSPS) is 18.0. The summed E-state index contributed by atoms with van der Waals surface area (Å²) >= 11 is 0. The van der Waals surface area contributed by atoms with Gasteiger partial charge in [-0.15, -0.1) is 0 Å². The molecule has 1 fully saturated rings. The molecule has 2 heterocycles. The molecule has 1 N–H and O–H groups in total. The Labute approximate surface area is 142 Å². The van der Waals surface area contributed by atoms with Gasteiger partial charge in [-0.3, -0.25) is 9.79 Å². The third-order valence-corrected chi connectivity index (χ3v) is 6.00. The Balaban J connectivity index is 2.00. The molecule has 0 aliphatic carbocycles. The number of guanidine groups is 1. The number of anilines is 1. The van der Waals surface area contributed by atoms with Crippen LogP contribution in [0.25, 0.3) is 0 Å². The number of amides is 1. The van der Waals surface area contributed by atoms with Crippen LogP contribution < -0.4 is 5.32 Å². The van der Waals surface area contributed by atoms with Crippen molar-refractivity contribution >= 4 is 27.6 Å². The Morgan fingerprint density at radius 2 is 1.92 bits per heavy atom. The number of sulfonamides is 1. The predicted octanol–water partition coefficient (Wildman–Crippen LogP) is 1.41. The maximum absolute atomic E-state index is 13.2. The molecule has 0 saturated carbocycles. The summed E-state index contributed by atoms with van der Waals surface area (Å²) in [6.07, 6.45) is 2.10. The van der Waals surface area contributed by atoms with Crippen LogP contribution in [0.15, 0.2) is 28.1 Å². The molecule has 1 amide bonds. The number of hydrogen-bond donors (Lipinski definition) is 1. The van der Waals surface area contributed by atoms with Crippen LogP contribution in [0.2, 0.25) is 0 Å². The SMILES string of the molecule is CC(=O)Nc1ccc(C)cc1S(=O)(=O)N1CCN=C1N1CCCC1. The van der Waals surface area contributed by atoms with Gasteiger partial charge in [0.25, 0.3) is 10.0 Å². The third-order valence-electron chi connectivity index (χ3n) is 4.18. The van der Waals surface area contributed by atoms with Crippen molar-refractivity contribution in [2.75, 3.05) is 31.5 Å². The largest absolute Gasteiger partial charge is 0.342 e. The molecule has 0 radical (unpaired) electrons. The van der Waals surface area contributed by atoms with Crippen molar-refractivity contribution in [3.05, 3.63) is 23.8 Å². The van der Waals surface area contributed by atoms with E-state index in [4.69, 9.17) is 0 Å². The second-order valence-corrected chi connectivity index (χ2v) is 7.96. The van der Waals surface area contributed by atoms with Gasteiger partial charge in [0.2, 0.25) is 11.9 Å². The van der Waals surface area contributed by atoms with E-state index in [0.717, 1.165) is 31.5 Å². The summed E-state index contributed by atoms with van der Waals surface area (Å²) in [7, 11) is -3.78. The van der Waals surface area contributed by atoms with Gasteiger partial charge in [0, 0.05) is 20.0 Å². The standard InChI is InChI=1S/C16H22N4O3S/c1-12-5-6-14(18-13(2)21)15(11-12)24(22,23)20-10-7-17-16(20)19-8-3-4-9-19/h5-6,11H,3-4,7-10H2,1-2H3,(H,18,21). The first-order valence-corrected chi connectivity index (χ1v) is 9.54. The lowest BCUT2D eigenvalue weighted by Crippen LogP contribution is -2.43. The Morgan fingerprint density at radius 3 is 2.58 bits per heavy atom. The minimum Gasteiger partial charge on any atom is -0.342 e. The predicted molar refractivity (Wildman–Crippen MR) is 92.5 cm³/mol. The van der Waals surface area contributed by atoms with Crippen LogP contribution in [0.3, 0.4) is 0 Å². The first-order chi connectivity index (χ1) is 11.4. The molecule has 1 aromatic carbocycles. The number of carbonyl (C=O) groups excluding carboxylic acids is 1. The number of carbonyl (C=O) groups is 1. The van der Waals surface area contributed by atoms with E-state index in [1.807, 2.05) is 11.8 Å². The van der Waals surface area contributed by atoms with Crippen molar-refractivity contribution in [3.8, 4) is 0 Å². The zero-order valence-electron chi connectivity index (χ0n) is 13.9. The number of nitrogens with zero attached hydrogens (tertiary/aromatic N) is 3. The van der Waals surface area contributed by atoms with E-state index in [1.54, 1.807) is 18.2 Å². The highest BCUT2D eigenvalue weighted by Crippen LogP contribution is 2.28. The molecule has 7 nitrogen and oxygen atoms in total. The third kappa shape index (κ3) is 3.10. The van der Waals surface area contributed by atoms with Crippen LogP contribution in [0, 0.1) is 6.92 Å². The van der Waals surface area contributed by atoms with E-state index in [0.29, 0.717) is 24.7 Å². The lowest BCUT2D eigenvalue weighted by atomic mass is 10.2. The van der Waals surface area contributed by atoms with Gasteiger partial charge in [0.05, 0.1) is 18.8 Å². The molecular formula is C16H22N4O3S. The molecule has 0 spiro atoms. The molecule has 0 unspecified atom stereocenters. The fraction of sp³-hybridized carbons (Fsp3) is 0.500. The van der Waals surface area contributed by atoms with Gasteiger partial charge in [-0.2, -0.15) is 0 Å². The van der Waals surface area contributed by atoms with Gasteiger partial charge in [-0.25, -0.2) is 12.7 Å². The van der Waals surface area contributed by atoms with Gasteiger partial charge in [0.15, 0.2) is 0 Å². The van der Waals surface area contributed by atoms with Crippen LogP contribution in [-0.4, -0.2) is 55.7 Å². The van der Waals surface area contributed by atoms with Gasteiger partial charge in [0.1, 0.15) is 4.90 Å². The van der Waals surface area contributed by atoms with Gasteiger partial charge in [-0.05, 0) is 37.5 Å². The zero-order valence-corrected chi connectivity index (χ0v) is 14.8. The molecule has 0 aromatic heterocycles. The highest BCUT2D eigenvalue weighted by molar-refractivity contribution is 7.89. The molecule has 2 aliphatic rings. The Kier molecular flexibility index (Phi) is 4.49. The van der Waals surface area contributed by atoms with Crippen molar-refractivity contribution in [2.45, 2.75) is 31.6 Å². The van der Waals surface area contributed by atoms with E-state index in [1.165, 1.54) is 11.2 Å². The Hall–Kier alpha value is -2.09. The number of likely N-dealkylation sites (tertiary alicyclic amines) is 1. The number of nitrogens with one attached hydrogen (secondary N) is 1. The summed E-state index contributed by atoms with van der Waals surface area (Å²) < 4.78 is 27.8. The fourth-order valence-corrected chi connectivity index (χ4v) is 4.76. The first-order valence-electron chi connectivity index (χ1n) is 8.10. The molecule has 3 rings (SSSR count). The lowest BCUT2D eigenvalue weighted by molar-refractivity contribution is -0.114. The molecule has 2 aliphatic heterocycles. The van der Waals surface area contributed by atoms with Gasteiger partial charge >= 0.3 is 0 Å². The second-order valence-electron chi connectivity index (χ2n) is 6.13. The maximum atomic E-state index is 13.2. The van der Waals surface area contributed by atoms with Crippen LogP contribution in [0.5, 0.6) is 0 Å². The summed E-state index contributed by atoms with van der Waals surface area (Å²) in [5.41, 5.74) is 1.13. The van der Waals surface area contributed by atoms with Crippen LogP contribution in [0.4, 0.5) is 5.69 Å². The van der Waals surface area contributed by atoms with E-state index in [-0.39, 0.29) is 10.8 Å². The van der Waals surface area contributed by atoms with Crippen molar-refractivity contribution in [1.29, 1.82) is 0 Å². The van der Waals surface area contributed by atoms with Crippen LogP contribution in [0.1, 0.15) is 25.3 Å². The monoisotopic (exact) mass is 350 g/mol. The highest BCUT2D eigenvalue weighted by Gasteiger charge is 2.36. The maximum Gasteiger partial charge on any atom is 0.268 e. The second kappa shape index (κ2) is 6.43. The van der Waals surface area contributed by atoms with Gasteiger partial charge in [-0.1, -0.05) is 6.07 Å². The molecule has 130 valence electrons. The molecule has 0 atom stereocenters. The van der Waals surface area contributed by atoms with Crippen LogP contribution >= 0.6 is 0 Å². The summed E-state index contributed by atoms with van der Waals surface area (Å²) in [5.74, 6) is 0.230. The first kappa shape index (κ1) is 16.8. The van der Waals surface area contributed by atoms with Gasteiger partial charge < -0.3 is 10.2 Å². The quantitative estimate of drug-likeness (QED) is 0.893. The summed E-state index contributed by atoms with van der Waals surface area (Å²) in [4.78, 5) is 18.0. The summed E-state index contributed by atoms with van der Waals surface area (Å²) in [5, 5.41) is 2.62. The number of hydrogen-bond acceptors (Lipinski definition) is 5. The van der Waals surface area contributed by atoms with E-state index in [9.17, 15) is 13.2 Å². The van der Waals surface area contributed by atoms with Crippen LogP contribution in [-0.2, 0) is 14.8 Å². The number of rotatable bonds is 3. The molecular weight excluding hydrogens is 328 g/mol. The van der Waals surface area contributed by atoms with Crippen molar-refractivity contribution < 1.29 is 13.2 Å². The minimum atomic E-state index is -3.78. The summed E-state index contributed by atoms with van der Waals surface area (Å²) in [6, 6.07) is 5.01. The number of aliphatic imine (C=N–C) groups is 1. The minimum absolute atomic E-state index is 0.117. The average Bonchev–Trinajstić information content (AvgIpc) is 3.18. The molecule has 1 aromatic rings.